The molecule has 0 aliphatic heterocycles. The molecule has 0 heterocycles. The van der Waals surface area contributed by atoms with Crippen LogP contribution in [-0.2, 0) is 9.53 Å². The number of ether oxygens (including phenoxy) is 2. The van der Waals surface area contributed by atoms with E-state index in [4.69, 9.17) is 15.2 Å². The zero-order valence-electron chi connectivity index (χ0n) is 16.6. The third-order valence-electron chi connectivity index (χ3n) is 4.20. The SMILES string of the molecule is CCCCCOc1ccc(C(=O)O[C@H](C)C(=O)Nc2ccc(C(N)=O)cc2)cc1. The van der Waals surface area contributed by atoms with Crippen LogP contribution >= 0.6 is 0 Å². The van der Waals surface area contributed by atoms with Gasteiger partial charge in [0.05, 0.1) is 12.2 Å². The molecule has 0 radical (unpaired) electrons. The number of rotatable bonds is 10. The van der Waals surface area contributed by atoms with Crippen molar-refractivity contribution in [3.63, 3.8) is 0 Å². The second-order valence-electron chi connectivity index (χ2n) is 6.56. The van der Waals surface area contributed by atoms with E-state index < -0.39 is 23.9 Å². The highest BCUT2D eigenvalue weighted by molar-refractivity contribution is 5.98. The van der Waals surface area contributed by atoms with Crippen molar-refractivity contribution in [1.82, 2.24) is 0 Å². The Balaban J connectivity index is 1.85. The second kappa shape index (κ2) is 10.8. The Hall–Kier alpha value is -3.35. The van der Waals surface area contributed by atoms with Crippen LogP contribution in [-0.4, -0.2) is 30.5 Å². The molecule has 7 nitrogen and oxygen atoms in total. The van der Waals surface area contributed by atoms with Gasteiger partial charge in [-0.3, -0.25) is 9.59 Å². The predicted molar refractivity (Wildman–Crippen MR) is 110 cm³/mol. The Morgan fingerprint density at radius 2 is 1.59 bits per heavy atom. The zero-order chi connectivity index (χ0) is 21.2. The highest BCUT2D eigenvalue weighted by Gasteiger charge is 2.19. The van der Waals surface area contributed by atoms with Gasteiger partial charge in [-0.1, -0.05) is 19.8 Å². The van der Waals surface area contributed by atoms with Gasteiger partial charge in [0.1, 0.15) is 5.75 Å². The van der Waals surface area contributed by atoms with Gasteiger partial charge in [0.15, 0.2) is 6.10 Å². The van der Waals surface area contributed by atoms with E-state index in [1.54, 1.807) is 36.4 Å². The van der Waals surface area contributed by atoms with Crippen molar-refractivity contribution in [1.29, 1.82) is 0 Å². The maximum absolute atomic E-state index is 12.2. The molecule has 2 rings (SSSR count). The highest BCUT2D eigenvalue weighted by atomic mass is 16.5. The molecule has 0 bridgehead atoms. The third-order valence-corrected chi connectivity index (χ3v) is 4.20. The minimum Gasteiger partial charge on any atom is -0.494 e. The molecule has 0 saturated carbocycles. The van der Waals surface area contributed by atoms with Gasteiger partial charge in [-0.15, -0.1) is 0 Å². The van der Waals surface area contributed by atoms with E-state index >= 15 is 0 Å². The molecule has 154 valence electrons. The lowest BCUT2D eigenvalue weighted by molar-refractivity contribution is -0.123. The lowest BCUT2D eigenvalue weighted by atomic mass is 10.2. The molecule has 0 aliphatic carbocycles. The minimum atomic E-state index is -0.997. The summed E-state index contributed by atoms with van der Waals surface area (Å²) in [7, 11) is 0. The first-order chi connectivity index (χ1) is 13.9. The van der Waals surface area contributed by atoms with Crippen molar-refractivity contribution in [2.45, 2.75) is 39.2 Å². The van der Waals surface area contributed by atoms with Crippen LogP contribution in [0, 0.1) is 0 Å². The Morgan fingerprint density at radius 1 is 0.966 bits per heavy atom. The molecule has 2 aromatic rings. The number of benzene rings is 2. The van der Waals surface area contributed by atoms with Crippen molar-refractivity contribution in [3.05, 3.63) is 59.7 Å². The monoisotopic (exact) mass is 398 g/mol. The molecule has 0 spiro atoms. The zero-order valence-corrected chi connectivity index (χ0v) is 16.6. The molecule has 0 aliphatic rings. The molecular weight excluding hydrogens is 372 g/mol. The third kappa shape index (κ3) is 6.95. The molecule has 7 heteroatoms. The summed E-state index contributed by atoms with van der Waals surface area (Å²) < 4.78 is 10.8. The van der Waals surface area contributed by atoms with E-state index in [1.807, 2.05) is 0 Å². The van der Waals surface area contributed by atoms with Crippen LogP contribution in [0.5, 0.6) is 5.75 Å². The topological polar surface area (TPSA) is 108 Å². The molecule has 3 N–H and O–H groups in total. The van der Waals surface area contributed by atoms with Crippen molar-refractivity contribution >= 4 is 23.5 Å². The molecule has 0 aromatic heterocycles. The fraction of sp³-hybridized carbons (Fsp3) is 0.318. The summed E-state index contributed by atoms with van der Waals surface area (Å²) in [5.74, 6) is -0.958. The molecule has 29 heavy (non-hydrogen) atoms. The molecule has 0 fully saturated rings. The Bertz CT molecular complexity index is 831. The van der Waals surface area contributed by atoms with Gasteiger partial charge in [-0.2, -0.15) is 0 Å². The van der Waals surface area contributed by atoms with Crippen LogP contribution in [0.15, 0.2) is 48.5 Å². The van der Waals surface area contributed by atoms with Crippen LogP contribution in [0.3, 0.4) is 0 Å². The van der Waals surface area contributed by atoms with Gasteiger partial charge >= 0.3 is 5.97 Å². The lowest BCUT2D eigenvalue weighted by Gasteiger charge is -2.14. The number of hydrogen-bond acceptors (Lipinski definition) is 5. The first kappa shape index (κ1) is 21.9. The summed E-state index contributed by atoms with van der Waals surface area (Å²) in [6, 6.07) is 12.7. The average molecular weight is 398 g/mol. The predicted octanol–water partition coefficient (Wildman–Crippen LogP) is 3.54. The van der Waals surface area contributed by atoms with Gasteiger partial charge < -0.3 is 20.5 Å². The van der Waals surface area contributed by atoms with Crippen LogP contribution in [0.4, 0.5) is 5.69 Å². The average Bonchev–Trinajstić information content (AvgIpc) is 2.72. The molecule has 0 saturated heterocycles. The van der Waals surface area contributed by atoms with E-state index in [0.717, 1.165) is 19.3 Å². The number of carbonyl (C=O) groups is 3. The van der Waals surface area contributed by atoms with Crippen LogP contribution in [0.2, 0.25) is 0 Å². The van der Waals surface area contributed by atoms with Gasteiger partial charge in [-0.25, -0.2) is 4.79 Å². The number of esters is 1. The summed E-state index contributed by atoms with van der Waals surface area (Å²) in [5, 5.41) is 2.62. The first-order valence-electron chi connectivity index (χ1n) is 9.55. The van der Waals surface area contributed by atoms with Crippen molar-refractivity contribution < 1.29 is 23.9 Å². The Kier molecular flexibility index (Phi) is 8.21. The Morgan fingerprint density at radius 3 is 2.17 bits per heavy atom. The molecular formula is C22H26N2O5. The number of primary amides is 1. The molecule has 1 atom stereocenters. The van der Waals surface area contributed by atoms with E-state index in [9.17, 15) is 14.4 Å². The largest absolute Gasteiger partial charge is 0.494 e. The standard InChI is InChI=1S/C22H26N2O5/c1-3-4-5-14-28-19-12-8-17(9-13-19)22(27)29-15(2)21(26)24-18-10-6-16(7-11-18)20(23)25/h6-13,15H,3-5,14H2,1-2H3,(H2,23,25)(H,24,26)/t15-/m1/s1. The molecule has 2 amide bonds. The van der Waals surface area contributed by atoms with E-state index in [1.165, 1.54) is 19.1 Å². The van der Waals surface area contributed by atoms with Crippen molar-refractivity contribution in [3.8, 4) is 5.75 Å². The number of nitrogens with one attached hydrogen (secondary N) is 1. The van der Waals surface area contributed by atoms with E-state index in [0.29, 0.717) is 29.2 Å². The quantitative estimate of drug-likeness (QED) is 0.470. The summed E-state index contributed by atoms with van der Waals surface area (Å²) in [4.78, 5) is 35.5. The first-order valence-corrected chi connectivity index (χ1v) is 9.55. The summed E-state index contributed by atoms with van der Waals surface area (Å²) >= 11 is 0. The van der Waals surface area contributed by atoms with E-state index in [-0.39, 0.29) is 0 Å². The summed E-state index contributed by atoms with van der Waals surface area (Å²) in [6.07, 6.45) is 2.22. The fourth-order valence-corrected chi connectivity index (χ4v) is 2.47. The van der Waals surface area contributed by atoms with Crippen LogP contribution < -0.4 is 15.8 Å². The number of hydrogen-bond donors (Lipinski definition) is 2. The summed E-state index contributed by atoms with van der Waals surface area (Å²) in [5.41, 5.74) is 6.31. The maximum atomic E-state index is 12.2. The Labute approximate surface area is 170 Å². The smallest absolute Gasteiger partial charge is 0.338 e. The maximum Gasteiger partial charge on any atom is 0.338 e. The van der Waals surface area contributed by atoms with Crippen LogP contribution in [0.1, 0.15) is 53.8 Å². The van der Waals surface area contributed by atoms with Gasteiger partial charge in [0.2, 0.25) is 5.91 Å². The summed E-state index contributed by atoms with van der Waals surface area (Å²) in [6.45, 7) is 4.24. The van der Waals surface area contributed by atoms with Crippen molar-refractivity contribution in [2.24, 2.45) is 5.73 Å². The minimum absolute atomic E-state index is 0.330. The fourth-order valence-electron chi connectivity index (χ4n) is 2.47. The molecule has 2 aromatic carbocycles. The number of anilines is 1. The van der Waals surface area contributed by atoms with Gasteiger partial charge in [0, 0.05) is 11.3 Å². The van der Waals surface area contributed by atoms with Crippen molar-refractivity contribution in [2.75, 3.05) is 11.9 Å². The van der Waals surface area contributed by atoms with Gasteiger partial charge in [-0.05, 0) is 61.9 Å². The number of carbonyl (C=O) groups excluding carboxylic acids is 3. The lowest BCUT2D eigenvalue weighted by Crippen LogP contribution is -2.30. The molecule has 0 unspecified atom stereocenters. The normalized spacial score (nSPS) is 11.4. The second-order valence-corrected chi connectivity index (χ2v) is 6.56. The number of unbranched alkanes of at least 4 members (excludes halogenated alkanes) is 2. The van der Waals surface area contributed by atoms with Crippen LogP contribution in [0.25, 0.3) is 0 Å². The number of amides is 2. The van der Waals surface area contributed by atoms with E-state index in [2.05, 4.69) is 12.2 Å². The highest BCUT2D eigenvalue weighted by Crippen LogP contribution is 2.15. The van der Waals surface area contributed by atoms with Gasteiger partial charge in [0.25, 0.3) is 5.91 Å². The number of nitrogens with two attached hydrogens (primary N) is 1.